The Kier molecular flexibility index (Phi) is 5.68. The highest BCUT2D eigenvalue weighted by Gasteiger charge is 2.26. The van der Waals surface area contributed by atoms with Gasteiger partial charge in [-0.2, -0.15) is 0 Å². The van der Waals surface area contributed by atoms with Gasteiger partial charge in [0.2, 0.25) is 10.0 Å². The molecule has 0 aromatic heterocycles. The van der Waals surface area contributed by atoms with Crippen LogP contribution in [-0.4, -0.2) is 14.5 Å². The van der Waals surface area contributed by atoms with E-state index in [0.717, 1.165) is 17.3 Å². The number of hydrogen-bond donors (Lipinski definition) is 1. The molecule has 0 radical (unpaired) electrons. The largest absolute Gasteiger partial charge is 0.241 e. The summed E-state index contributed by atoms with van der Waals surface area (Å²) in [5.74, 6) is 0.452. The molecule has 1 atom stereocenters. The summed E-state index contributed by atoms with van der Waals surface area (Å²) in [5, 5.41) is 0. The van der Waals surface area contributed by atoms with E-state index >= 15 is 0 Å². The molecule has 112 valence electrons. The van der Waals surface area contributed by atoms with Gasteiger partial charge in [0.05, 0.1) is 4.90 Å². The molecular formula is C14H19Br2NO2S. The minimum atomic E-state index is -3.47. The summed E-state index contributed by atoms with van der Waals surface area (Å²) in [6.45, 7) is 1.97. The Morgan fingerprint density at radius 1 is 1.20 bits per heavy atom. The molecule has 0 spiro atoms. The summed E-state index contributed by atoms with van der Waals surface area (Å²) in [7, 11) is -3.47. The Morgan fingerprint density at radius 2 is 1.85 bits per heavy atom. The van der Waals surface area contributed by atoms with Gasteiger partial charge in [0.25, 0.3) is 0 Å². The zero-order chi connectivity index (χ0) is 14.8. The third kappa shape index (κ3) is 4.06. The first-order chi connectivity index (χ1) is 9.40. The van der Waals surface area contributed by atoms with Crippen LogP contribution in [-0.2, 0) is 10.0 Å². The predicted octanol–water partition coefficient (Wildman–Crippen LogP) is 4.46. The van der Waals surface area contributed by atoms with Crippen molar-refractivity contribution in [3.8, 4) is 0 Å². The van der Waals surface area contributed by atoms with E-state index < -0.39 is 10.0 Å². The third-order valence-electron chi connectivity index (χ3n) is 3.88. The maximum absolute atomic E-state index is 12.5. The van der Waals surface area contributed by atoms with Crippen LogP contribution < -0.4 is 4.72 Å². The summed E-state index contributed by atoms with van der Waals surface area (Å²) in [6, 6.07) is 5.09. The fourth-order valence-electron chi connectivity index (χ4n) is 2.73. The van der Waals surface area contributed by atoms with Crippen LogP contribution in [0.2, 0.25) is 0 Å². The molecule has 2 rings (SSSR count). The summed E-state index contributed by atoms with van der Waals surface area (Å²) >= 11 is 6.65. The fourth-order valence-corrected chi connectivity index (χ4v) is 5.79. The molecule has 1 N–H and O–H groups in total. The second-order valence-electron chi connectivity index (χ2n) is 5.38. The normalized spacial score (nSPS) is 18.9. The van der Waals surface area contributed by atoms with Crippen LogP contribution in [0.1, 0.15) is 39.0 Å². The zero-order valence-electron chi connectivity index (χ0n) is 11.4. The lowest BCUT2D eigenvalue weighted by molar-refractivity contribution is 0.303. The van der Waals surface area contributed by atoms with Crippen LogP contribution in [0.4, 0.5) is 0 Å². The monoisotopic (exact) mass is 423 g/mol. The Balaban J connectivity index is 2.13. The molecule has 1 aliphatic carbocycles. The van der Waals surface area contributed by atoms with Crippen molar-refractivity contribution in [3.63, 3.8) is 0 Å². The Hall–Kier alpha value is 0.0900. The molecule has 0 saturated heterocycles. The van der Waals surface area contributed by atoms with E-state index in [1.807, 2.05) is 6.92 Å². The first-order valence-corrected chi connectivity index (χ1v) is 9.94. The van der Waals surface area contributed by atoms with Crippen LogP contribution in [0.3, 0.4) is 0 Å². The summed E-state index contributed by atoms with van der Waals surface area (Å²) in [4.78, 5) is 0.295. The third-order valence-corrected chi connectivity index (χ3v) is 6.91. The molecular weight excluding hydrogens is 406 g/mol. The highest BCUT2D eigenvalue weighted by Crippen LogP contribution is 2.29. The lowest BCUT2D eigenvalue weighted by atomic mass is 9.85. The van der Waals surface area contributed by atoms with Gasteiger partial charge < -0.3 is 0 Å². The molecule has 1 fully saturated rings. The van der Waals surface area contributed by atoms with Gasteiger partial charge in [-0.25, -0.2) is 13.1 Å². The molecule has 3 nitrogen and oxygen atoms in total. The molecule has 1 unspecified atom stereocenters. The Labute approximate surface area is 137 Å². The van der Waals surface area contributed by atoms with Crippen LogP contribution >= 0.6 is 31.9 Å². The van der Waals surface area contributed by atoms with E-state index in [1.54, 1.807) is 18.2 Å². The second kappa shape index (κ2) is 6.90. The first kappa shape index (κ1) is 16.5. The lowest BCUT2D eigenvalue weighted by Crippen LogP contribution is -2.38. The summed E-state index contributed by atoms with van der Waals surface area (Å²) < 4.78 is 29.2. The minimum Gasteiger partial charge on any atom is -0.208 e. The fraction of sp³-hybridized carbons (Fsp3) is 0.571. The maximum atomic E-state index is 12.5. The van der Waals surface area contributed by atoms with Gasteiger partial charge in [0, 0.05) is 15.0 Å². The molecule has 1 aliphatic rings. The number of nitrogens with one attached hydrogen (secondary N) is 1. The number of rotatable bonds is 4. The van der Waals surface area contributed by atoms with Gasteiger partial charge in [0.1, 0.15) is 0 Å². The molecule has 1 aromatic carbocycles. The quantitative estimate of drug-likeness (QED) is 0.775. The molecule has 20 heavy (non-hydrogen) atoms. The van der Waals surface area contributed by atoms with Crippen LogP contribution in [0.5, 0.6) is 0 Å². The van der Waals surface area contributed by atoms with Gasteiger partial charge >= 0.3 is 0 Å². The first-order valence-electron chi connectivity index (χ1n) is 6.87. The zero-order valence-corrected chi connectivity index (χ0v) is 15.4. The van der Waals surface area contributed by atoms with Crippen molar-refractivity contribution in [1.29, 1.82) is 0 Å². The van der Waals surface area contributed by atoms with Crippen molar-refractivity contribution in [2.24, 2.45) is 5.92 Å². The summed E-state index contributed by atoms with van der Waals surface area (Å²) in [6.07, 6.45) is 5.92. The van der Waals surface area contributed by atoms with Crippen LogP contribution in [0, 0.1) is 5.92 Å². The molecule has 1 aromatic rings. The van der Waals surface area contributed by atoms with Gasteiger partial charge in [-0.1, -0.05) is 35.2 Å². The highest BCUT2D eigenvalue weighted by atomic mass is 79.9. The van der Waals surface area contributed by atoms with Gasteiger partial charge in [-0.05, 0) is 59.8 Å². The van der Waals surface area contributed by atoms with Gasteiger partial charge in [0.15, 0.2) is 0 Å². The predicted molar refractivity (Wildman–Crippen MR) is 88.2 cm³/mol. The Morgan fingerprint density at radius 3 is 2.45 bits per heavy atom. The van der Waals surface area contributed by atoms with E-state index in [1.165, 1.54) is 19.3 Å². The van der Waals surface area contributed by atoms with E-state index in [0.29, 0.717) is 15.3 Å². The SMILES string of the molecule is CC(NS(=O)(=O)c1ccc(Br)cc1Br)C1CCCCC1. The number of halogens is 2. The highest BCUT2D eigenvalue weighted by molar-refractivity contribution is 9.11. The number of hydrogen-bond acceptors (Lipinski definition) is 2. The Bertz CT molecular complexity index is 569. The molecule has 0 bridgehead atoms. The van der Waals surface area contributed by atoms with Crippen LogP contribution in [0.25, 0.3) is 0 Å². The summed E-state index contributed by atoms with van der Waals surface area (Å²) in [5.41, 5.74) is 0. The van der Waals surface area contributed by atoms with E-state index in [9.17, 15) is 8.42 Å². The average Bonchev–Trinajstić information content (AvgIpc) is 2.38. The number of benzene rings is 1. The van der Waals surface area contributed by atoms with Gasteiger partial charge in [-0.3, -0.25) is 0 Å². The topological polar surface area (TPSA) is 46.2 Å². The lowest BCUT2D eigenvalue weighted by Gasteiger charge is -2.28. The van der Waals surface area contributed by atoms with Crippen molar-refractivity contribution in [3.05, 3.63) is 27.1 Å². The smallest absolute Gasteiger partial charge is 0.208 e. The minimum absolute atomic E-state index is 0.0177. The molecule has 6 heteroatoms. The van der Waals surface area contributed by atoms with E-state index in [-0.39, 0.29) is 6.04 Å². The molecule has 0 amide bonds. The maximum Gasteiger partial charge on any atom is 0.241 e. The number of sulfonamides is 1. The molecule has 0 aliphatic heterocycles. The molecule has 1 saturated carbocycles. The van der Waals surface area contributed by atoms with Crippen molar-refractivity contribution in [1.82, 2.24) is 4.72 Å². The van der Waals surface area contributed by atoms with Crippen LogP contribution in [0.15, 0.2) is 32.0 Å². The van der Waals surface area contributed by atoms with E-state index in [2.05, 4.69) is 36.6 Å². The van der Waals surface area contributed by atoms with Crippen molar-refractivity contribution in [2.45, 2.75) is 50.0 Å². The molecule has 0 heterocycles. The van der Waals surface area contributed by atoms with Crippen molar-refractivity contribution < 1.29 is 8.42 Å². The standard InChI is InChI=1S/C14H19Br2NO2S/c1-10(11-5-3-2-4-6-11)17-20(18,19)14-8-7-12(15)9-13(14)16/h7-11,17H,2-6H2,1H3. The van der Waals surface area contributed by atoms with E-state index in [4.69, 9.17) is 0 Å². The second-order valence-corrected chi connectivity index (χ2v) is 8.84. The van der Waals surface area contributed by atoms with Crippen molar-refractivity contribution >= 4 is 41.9 Å². The van der Waals surface area contributed by atoms with Gasteiger partial charge in [-0.15, -0.1) is 0 Å². The average molecular weight is 425 g/mol. The van der Waals surface area contributed by atoms with Crippen molar-refractivity contribution in [2.75, 3.05) is 0 Å².